The van der Waals surface area contributed by atoms with Crippen LogP contribution in [-0.2, 0) is 22.6 Å². The predicted molar refractivity (Wildman–Crippen MR) is 158 cm³/mol. The molecule has 6 rings (SSSR count). The number of nitrogens with zero attached hydrogens (tertiary/aromatic N) is 4. The summed E-state index contributed by atoms with van der Waals surface area (Å²) in [5, 5.41) is 12.6. The Morgan fingerprint density at radius 1 is 1.12 bits per heavy atom. The smallest absolute Gasteiger partial charge is 0.268 e. The molecule has 0 spiro atoms. The summed E-state index contributed by atoms with van der Waals surface area (Å²) in [4.78, 5) is 29.0. The molecule has 4 heterocycles. The highest BCUT2D eigenvalue weighted by atomic mass is 32.2. The lowest BCUT2D eigenvalue weighted by Gasteiger charge is -2.26. The molecule has 11 heteroatoms. The summed E-state index contributed by atoms with van der Waals surface area (Å²) in [6.07, 6.45) is 0.697. The Labute approximate surface area is 239 Å². The first kappa shape index (κ1) is 26.5. The molecule has 0 radical (unpaired) electrons. The third kappa shape index (κ3) is 4.67. The van der Waals surface area contributed by atoms with Crippen molar-refractivity contribution in [1.29, 1.82) is 0 Å². The number of amides is 1. The van der Waals surface area contributed by atoms with E-state index >= 15 is 0 Å². The lowest BCUT2D eigenvalue weighted by molar-refractivity contribution is -0.115. The molecule has 0 aliphatic carbocycles. The van der Waals surface area contributed by atoms with Gasteiger partial charge in [0.05, 0.1) is 36.1 Å². The number of thioether (sulfide) groups is 1. The zero-order chi connectivity index (χ0) is 28.0. The van der Waals surface area contributed by atoms with Gasteiger partial charge in [-0.3, -0.25) is 9.59 Å². The molecule has 9 nitrogen and oxygen atoms in total. The lowest BCUT2D eigenvalue weighted by Crippen LogP contribution is -2.28. The number of anilines is 1. The minimum absolute atomic E-state index is 0.0336. The topological polar surface area (TPSA) is 99.8 Å². The van der Waals surface area contributed by atoms with Crippen molar-refractivity contribution in [2.24, 2.45) is 5.92 Å². The Morgan fingerprint density at radius 2 is 1.88 bits per heavy atom. The van der Waals surface area contributed by atoms with E-state index in [1.54, 1.807) is 11.7 Å². The largest absolute Gasteiger partial charge is 0.497 e. The van der Waals surface area contributed by atoms with Crippen LogP contribution in [0.2, 0.25) is 0 Å². The number of carbonyl (C=O) groups is 1. The van der Waals surface area contributed by atoms with Crippen molar-refractivity contribution < 1.29 is 14.3 Å². The van der Waals surface area contributed by atoms with Gasteiger partial charge in [0.15, 0.2) is 5.16 Å². The zero-order valence-corrected chi connectivity index (χ0v) is 24.2. The van der Waals surface area contributed by atoms with Crippen molar-refractivity contribution >= 4 is 50.7 Å². The molecule has 1 N–H and O–H groups in total. The SMILES string of the molecule is COc1ccc(-n2c(=O)c3c4c(sc3n3c(S[C@@H](C)C(=O)Nc5ccccc5)nnc23)CO[C@@H](C(C)C)C4)cc1. The van der Waals surface area contributed by atoms with Crippen molar-refractivity contribution in [1.82, 2.24) is 19.2 Å². The number of nitrogens with one attached hydrogen (secondary N) is 1. The van der Waals surface area contributed by atoms with Gasteiger partial charge < -0.3 is 14.8 Å². The molecule has 5 aromatic rings. The third-order valence-electron chi connectivity index (χ3n) is 7.11. The average Bonchev–Trinajstić information content (AvgIpc) is 3.55. The van der Waals surface area contributed by atoms with E-state index in [-0.39, 0.29) is 17.6 Å². The van der Waals surface area contributed by atoms with Gasteiger partial charge in [-0.05, 0) is 54.8 Å². The first-order valence-corrected chi connectivity index (χ1v) is 14.8. The van der Waals surface area contributed by atoms with Gasteiger partial charge in [-0.15, -0.1) is 21.5 Å². The molecule has 0 fully saturated rings. The van der Waals surface area contributed by atoms with Crippen molar-refractivity contribution in [3.05, 3.63) is 75.4 Å². The molecule has 0 unspecified atom stereocenters. The summed E-state index contributed by atoms with van der Waals surface area (Å²) in [6.45, 7) is 6.56. The Kier molecular flexibility index (Phi) is 7.11. The second-order valence-corrected chi connectivity index (χ2v) is 12.4. The van der Waals surface area contributed by atoms with Crippen LogP contribution in [0, 0.1) is 5.92 Å². The fraction of sp³-hybridized carbons (Fsp3) is 0.310. The molecule has 1 aliphatic rings. The fourth-order valence-electron chi connectivity index (χ4n) is 4.88. The van der Waals surface area contributed by atoms with Crippen LogP contribution in [0.25, 0.3) is 21.7 Å². The maximum Gasteiger partial charge on any atom is 0.268 e. The average molecular weight is 576 g/mol. The molecule has 2 aromatic carbocycles. The minimum Gasteiger partial charge on any atom is -0.497 e. The number of carbonyl (C=O) groups excluding carboxylic acids is 1. The van der Waals surface area contributed by atoms with Crippen LogP contribution in [0.1, 0.15) is 31.2 Å². The number of aromatic nitrogens is 4. The van der Waals surface area contributed by atoms with E-state index in [9.17, 15) is 9.59 Å². The van der Waals surface area contributed by atoms with Crippen LogP contribution in [0.3, 0.4) is 0 Å². The fourth-order valence-corrected chi connectivity index (χ4v) is 7.03. The number of benzene rings is 2. The molecule has 0 saturated carbocycles. The van der Waals surface area contributed by atoms with Gasteiger partial charge in [0.1, 0.15) is 10.6 Å². The molecule has 1 amide bonds. The summed E-state index contributed by atoms with van der Waals surface area (Å²) in [5.41, 5.74) is 2.27. The van der Waals surface area contributed by atoms with Crippen molar-refractivity contribution in [3.8, 4) is 11.4 Å². The monoisotopic (exact) mass is 575 g/mol. The number of ether oxygens (including phenoxy) is 2. The van der Waals surface area contributed by atoms with E-state index in [1.165, 1.54) is 23.1 Å². The normalized spacial score (nSPS) is 15.9. The molecule has 1 aliphatic heterocycles. The van der Waals surface area contributed by atoms with Crippen LogP contribution in [0.4, 0.5) is 5.69 Å². The Hall–Kier alpha value is -3.67. The number of hydrogen-bond donors (Lipinski definition) is 1. The summed E-state index contributed by atoms with van der Waals surface area (Å²) >= 11 is 2.84. The van der Waals surface area contributed by atoms with Crippen molar-refractivity contribution in [3.63, 3.8) is 0 Å². The number of thiophene rings is 1. The van der Waals surface area contributed by atoms with E-state index in [0.717, 1.165) is 21.0 Å². The van der Waals surface area contributed by atoms with Gasteiger partial charge >= 0.3 is 0 Å². The second-order valence-electron chi connectivity index (χ2n) is 10.1. The van der Waals surface area contributed by atoms with Gasteiger partial charge in [-0.2, -0.15) is 0 Å². The molecule has 40 heavy (non-hydrogen) atoms. The number of rotatable bonds is 7. The van der Waals surface area contributed by atoms with Gasteiger partial charge in [0.25, 0.3) is 5.56 Å². The van der Waals surface area contributed by atoms with Crippen LogP contribution in [0.15, 0.2) is 64.5 Å². The standard InChI is InChI=1S/C29H29N5O4S2/c1-16(2)22-14-21-23(15-38-22)40-27-24(21)26(36)33(19-10-12-20(37-4)13-11-19)28-31-32-29(34(27)28)39-17(3)25(35)30-18-8-6-5-7-9-18/h5-13,16-17,22H,14-15H2,1-4H3,(H,30,35)/t17-,22+/m0/s1. The predicted octanol–water partition coefficient (Wildman–Crippen LogP) is 5.32. The van der Waals surface area contributed by atoms with Crippen molar-refractivity contribution in [2.45, 2.75) is 50.3 Å². The zero-order valence-electron chi connectivity index (χ0n) is 22.6. The summed E-state index contributed by atoms with van der Waals surface area (Å²) in [5.74, 6) is 1.25. The molecule has 0 saturated heterocycles. The van der Waals surface area contributed by atoms with E-state index in [2.05, 4.69) is 29.4 Å². The van der Waals surface area contributed by atoms with Crippen LogP contribution in [0.5, 0.6) is 5.75 Å². The number of para-hydroxylation sites is 1. The van der Waals surface area contributed by atoms with Crippen LogP contribution >= 0.6 is 23.1 Å². The Morgan fingerprint density at radius 3 is 2.58 bits per heavy atom. The lowest BCUT2D eigenvalue weighted by atomic mass is 9.96. The number of methoxy groups -OCH3 is 1. The minimum atomic E-state index is -0.465. The van der Waals surface area contributed by atoms with Crippen LogP contribution < -0.4 is 15.6 Å². The van der Waals surface area contributed by atoms with Gasteiger partial charge in [-0.25, -0.2) is 8.97 Å². The molecule has 0 bridgehead atoms. The Balaban J connectivity index is 1.50. The van der Waals surface area contributed by atoms with E-state index in [0.29, 0.717) is 46.7 Å². The van der Waals surface area contributed by atoms with Crippen molar-refractivity contribution in [2.75, 3.05) is 12.4 Å². The highest BCUT2D eigenvalue weighted by Crippen LogP contribution is 2.38. The molecule has 2 atom stereocenters. The van der Waals surface area contributed by atoms with E-state index in [1.807, 2.05) is 65.9 Å². The van der Waals surface area contributed by atoms with Gasteiger partial charge in [-0.1, -0.05) is 43.8 Å². The van der Waals surface area contributed by atoms with E-state index < -0.39 is 5.25 Å². The van der Waals surface area contributed by atoms with Gasteiger partial charge in [0.2, 0.25) is 11.7 Å². The molecule has 206 valence electrons. The second kappa shape index (κ2) is 10.7. The maximum atomic E-state index is 14.2. The van der Waals surface area contributed by atoms with E-state index in [4.69, 9.17) is 9.47 Å². The first-order chi connectivity index (χ1) is 19.4. The number of hydrogen-bond acceptors (Lipinski definition) is 8. The molecular formula is C29H29N5O4S2. The maximum absolute atomic E-state index is 14.2. The molecule has 3 aromatic heterocycles. The highest BCUT2D eigenvalue weighted by Gasteiger charge is 2.31. The number of fused-ring (bicyclic) bond motifs is 5. The highest BCUT2D eigenvalue weighted by molar-refractivity contribution is 8.00. The Bertz CT molecular complexity index is 1760. The quantitative estimate of drug-likeness (QED) is 0.262. The summed E-state index contributed by atoms with van der Waals surface area (Å²) in [6, 6.07) is 16.7. The summed E-state index contributed by atoms with van der Waals surface area (Å²) < 4.78 is 15.0. The summed E-state index contributed by atoms with van der Waals surface area (Å²) in [7, 11) is 1.60. The first-order valence-electron chi connectivity index (χ1n) is 13.1. The van der Waals surface area contributed by atoms with Gasteiger partial charge in [0, 0.05) is 17.0 Å². The molecular weight excluding hydrogens is 546 g/mol. The van der Waals surface area contributed by atoms with Crippen LogP contribution in [-0.4, -0.2) is 43.5 Å². The third-order valence-corrected chi connectivity index (χ3v) is 9.34.